The largest absolute Gasteiger partial charge is 0.379 e. The summed E-state index contributed by atoms with van der Waals surface area (Å²) in [4.78, 5) is 0. The van der Waals surface area contributed by atoms with Crippen LogP contribution in [0.25, 0.3) is 0 Å². The second kappa shape index (κ2) is 6.04. The second-order valence-corrected chi connectivity index (χ2v) is 5.69. The number of nitrogens with two attached hydrogens (primary N) is 1. The van der Waals surface area contributed by atoms with Crippen LogP contribution in [-0.2, 0) is 24.6 Å². The summed E-state index contributed by atoms with van der Waals surface area (Å²) in [5.41, 5.74) is 7.91. The number of methoxy groups -OCH3 is 1. The fourth-order valence-corrected chi connectivity index (χ4v) is 2.45. The molecule has 1 atom stereocenters. The highest BCUT2D eigenvalue weighted by molar-refractivity contribution is 6.31. The maximum absolute atomic E-state index is 6.31. The Morgan fingerprint density at radius 3 is 2.56 bits per heavy atom. The minimum absolute atomic E-state index is 0.0116. The van der Waals surface area contributed by atoms with E-state index in [-0.39, 0.29) is 11.6 Å². The molecule has 5 heteroatoms. The van der Waals surface area contributed by atoms with Crippen molar-refractivity contribution in [2.75, 3.05) is 7.11 Å². The molecular formula is C13H24ClN3O. The number of nitrogens with zero attached hydrogens (tertiary/aromatic N) is 2. The van der Waals surface area contributed by atoms with E-state index in [1.165, 1.54) is 0 Å². The molecule has 1 aromatic heterocycles. The maximum atomic E-state index is 6.31. The van der Waals surface area contributed by atoms with E-state index in [4.69, 9.17) is 22.1 Å². The van der Waals surface area contributed by atoms with E-state index in [0.29, 0.717) is 0 Å². The summed E-state index contributed by atoms with van der Waals surface area (Å²) in [5.74, 6) is 0. The average molecular weight is 274 g/mol. The van der Waals surface area contributed by atoms with Gasteiger partial charge in [0.25, 0.3) is 0 Å². The van der Waals surface area contributed by atoms with Gasteiger partial charge in [0.1, 0.15) is 0 Å². The average Bonchev–Trinajstić information content (AvgIpc) is 2.56. The van der Waals surface area contributed by atoms with Crippen LogP contribution in [0, 0.1) is 0 Å². The Bertz CT molecular complexity index is 401. The number of aromatic nitrogens is 2. The zero-order valence-electron chi connectivity index (χ0n) is 12.0. The lowest BCUT2D eigenvalue weighted by Crippen LogP contribution is -2.35. The monoisotopic (exact) mass is 273 g/mol. The molecular weight excluding hydrogens is 250 g/mol. The van der Waals surface area contributed by atoms with Gasteiger partial charge in [-0.15, -0.1) is 0 Å². The van der Waals surface area contributed by atoms with Crippen molar-refractivity contribution in [1.29, 1.82) is 0 Å². The van der Waals surface area contributed by atoms with E-state index in [2.05, 4.69) is 5.10 Å². The number of hydrogen-bond donors (Lipinski definition) is 1. The predicted octanol–water partition coefficient (Wildman–Crippen LogP) is 2.32. The third-order valence-corrected chi connectivity index (χ3v) is 3.70. The number of hydrogen-bond acceptors (Lipinski definition) is 3. The molecule has 0 aliphatic carbocycles. The lowest BCUT2D eigenvalue weighted by molar-refractivity contribution is 0.0101. The first-order valence-electron chi connectivity index (χ1n) is 6.31. The summed E-state index contributed by atoms with van der Waals surface area (Å²) < 4.78 is 7.23. The molecule has 0 fully saturated rings. The van der Waals surface area contributed by atoms with Gasteiger partial charge in [-0.1, -0.05) is 18.5 Å². The molecule has 0 saturated carbocycles. The van der Waals surface area contributed by atoms with Crippen LogP contribution in [0.15, 0.2) is 0 Å². The van der Waals surface area contributed by atoms with Crippen LogP contribution in [0.3, 0.4) is 0 Å². The molecule has 1 aromatic rings. The van der Waals surface area contributed by atoms with Gasteiger partial charge in [-0.05, 0) is 26.7 Å². The fraction of sp³-hybridized carbons (Fsp3) is 0.769. The Kier molecular flexibility index (Phi) is 5.20. The van der Waals surface area contributed by atoms with Gasteiger partial charge in [-0.2, -0.15) is 5.10 Å². The Labute approximate surface area is 114 Å². The molecule has 0 saturated heterocycles. The molecule has 0 aliphatic heterocycles. The van der Waals surface area contributed by atoms with Crippen molar-refractivity contribution >= 4 is 11.6 Å². The van der Waals surface area contributed by atoms with Crippen molar-refractivity contribution in [2.24, 2.45) is 12.8 Å². The van der Waals surface area contributed by atoms with E-state index < -0.39 is 0 Å². The Morgan fingerprint density at radius 2 is 2.11 bits per heavy atom. The van der Waals surface area contributed by atoms with E-state index in [9.17, 15) is 0 Å². The van der Waals surface area contributed by atoms with Crippen molar-refractivity contribution in [2.45, 2.75) is 51.7 Å². The van der Waals surface area contributed by atoms with E-state index in [0.717, 1.165) is 35.7 Å². The molecule has 0 spiro atoms. The Hall–Kier alpha value is -0.580. The second-order valence-electron chi connectivity index (χ2n) is 5.32. The highest BCUT2D eigenvalue weighted by atomic mass is 35.5. The van der Waals surface area contributed by atoms with Crippen LogP contribution >= 0.6 is 11.6 Å². The minimum atomic E-state index is -0.210. The first-order valence-corrected chi connectivity index (χ1v) is 6.69. The zero-order chi connectivity index (χ0) is 13.9. The van der Waals surface area contributed by atoms with Crippen LogP contribution in [-0.4, -0.2) is 28.5 Å². The van der Waals surface area contributed by atoms with Crippen LogP contribution in [0.5, 0.6) is 0 Å². The fourth-order valence-electron chi connectivity index (χ4n) is 2.08. The molecule has 0 bridgehead atoms. The van der Waals surface area contributed by atoms with Gasteiger partial charge in [-0.25, -0.2) is 0 Å². The van der Waals surface area contributed by atoms with Gasteiger partial charge in [0.05, 0.1) is 22.0 Å². The maximum Gasteiger partial charge on any atom is 0.0850 e. The lowest BCUT2D eigenvalue weighted by Gasteiger charge is -2.26. The number of rotatable bonds is 6. The van der Waals surface area contributed by atoms with E-state index >= 15 is 0 Å². The molecule has 4 nitrogen and oxygen atoms in total. The number of ether oxygens (including phenoxy) is 1. The quantitative estimate of drug-likeness (QED) is 0.865. The van der Waals surface area contributed by atoms with Gasteiger partial charge in [0.2, 0.25) is 0 Å². The summed E-state index contributed by atoms with van der Waals surface area (Å²) in [6.45, 7) is 6.12. The normalized spacial score (nSPS) is 13.9. The summed E-state index contributed by atoms with van der Waals surface area (Å²) in [6.07, 6.45) is 2.34. The van der Waals surface area contributed by atoms with Gasteiger partial charge in [0, 0.05) is 26.6 Å². The molecule has 1 unspecified atom stereocenters. The van der Waals surface area contributed by atoms with Crippen LogP contribution in [0.2, 0.25) is 5.02 Å². The first kappa shape index (κ1) is 15.5. The smallest absolute Gasteiger partial charge is 0.0850 e. The summed E-state index contributed by atoms with van der Waals surface area (Å²) in [5, 5.41) is 5.15. The van der Waals surface area contributed by atoms with E-state index in [1.54, 1.807) is 7.11 Å². The van der Waals surface area contributed by atoms with Crippen molar-refractivity contribution in [3.05, 3.63) is 16.4 Å². The molecule has 104 valence electrons. The topological polar surface area (TPSA) is 53.1 Å². The van der Waals surface area contributed by atoms with Gasteiger partial charge < -0.3 is 10.5 Å². The van der Waals surface area contributed by atoms with Crippen LogP contribution in [0.4, 0.5) is 0 Å². The third-order valence-electron chi connectivity index (χ3n) is 3.26. The number of halogens is 1. The Morgan fingerprint density at radius 1 is 1.50 bits per heavy atom. The van der Waals surface area contributed by atoms with Crippen molar-refractivity contribution in [1.82, 2.24) is 9.78 Å². The molecule has 0 aromatic carbocycles. The molecule has 0 aliphatic rings. The molecule has 0 radical (unpaired) electrons. The summed E-state index contributed by atoms with van der Waals surface area (Å²) >= 11 is 6.31. The lowest BCUT2D eigenvalue weighted by atomic mass is 9.96. The van der Waals surface area contributed by atoms with Crippen molar-refractivity contribution < 1.29 is 4.74 Å². The van der Waals surface area contributed by atoms with Crippen molar-refractivity contribution in [3.8, 4) is 0 Å². The van der Waals surface area contributed by atoms with E-state index in [1.807, 2.05) is 32.5 Å². The molecule has 18 heavy (non-hydrogen) atoms. The summed E-state index contributed by atoms with van der Waals surface area (Å²) in [6, 6.07) is 0.0116. The molecule has 1 heterocycles. The number of aryl methyl sites for hydroxylation is 2. The molecule has 0 amide bonds. The van der Waals surface area contributed by atoms with Crippen LogP contribution < -0.4 is 5.73 Å². The highest BCUT2D eigenvalue weighted by Crippen LogP contribution is 2.24. The summed E-state index contributed by atoms with van der Waals surface area (Å²) in [7, 11) is 3.62. The SMILES string of the molecule is CCc1nn(C)c(CC(N)CC(C)(C)OC)c1Cl. The zero-order valence-corrected chi connectivity index (χ0v) is 12.7. The van der Waals surface area contributed by atoms with Crippen LogP contribution in [0.1, 0.15) is 38.6 Å². The standard InChI is InChI=1S/C13H24ClN3O/c1-6-10-12(14)11(17(4)16-10)7-9(15)8-13(2,3)18-5/h9H,6-8,15H2,1-5H3. The van der Waals surface area contributed by atoms with Gasteiger partial charge in [0.15, 0.2) is 0 Å². The first-order chi connectivity index (χ1) is 8.30. The van der Waals surface area contributed by atoms with Gasteiger partial charge >= 0.3 is 0 Å². The van der Waals surface area contributed by atoms with Crippen molar-refractivity contribution in [3.63, 3.8) is 0 Å². The molecule has 2 N–H and O–H groups in total. The predicted molar refractivity (Wildman–Crippen MR) is 75.0 cm³/mol. The third kappa shape index (κ3) is 3.70. The minimum Gasteiger partial charge on any atom is -0.379 e. The highest BCUT2D eigenvalue weighted by Gasteiger charge is 2.23. The molecule has 1 rings (SSSR count). The Balaban J connectivity index is 2.76. The van der Waals surface area contributed by atoms with Gasteiger partial charge in [-0.3, -0.25) is 4.68 Å².